The number of amides is 1. The van der Waals surface area contributed by atoms with Gasteiger partial charge in [0.2, 0.25) is 0 Å². The maximum atomic E-state index is 12.7. The van der Waals surface area contributed by atoms with Gasteiger partial charge in [0.25, 0.3) is 5.91 Å². The van der Waals surface area contributed by atoms with Gasteiger partial charge in [-0.15, -0.1) is 11.8 Å². The highest BCUT2D eigenvalue weighted by molar-refractivity contribution is 7.98. The first-order valence-corrected chi connectivity index (χ1v) is 8.86. The molecule has 0 N–H and O–H groups in total. The van der Waals surface area contributed by atoms with Gasteiger partial charge < -0.3 is 9.64 Å². The lowest BCUT2D eigenvalue weighted by molar-refractivity contribution is 0.0515. The molecule has 0 bridgehead atoms. The van der Waals surface area contributed by atoms with Crippen LogP contribution >= 0.6 is 11.8 Å². The number of piperidine rings is 1. The summed E-state index contributed by atoms with van der Waals surface area (Å²) >= 11 is 1.64. The summed E-state index contributed by atoms with van der Waals surface area (Å²) in [6, 6.07) is 9.87. The largest absolute Gasteiger partial charge is 0.458 e. The second-order valence-electron chi connectivity index (χ2n) is 5.40. The summed E-state index contributed by atoms with van der Waals surface area (Å²) in [5, 5.41) is 0. The second kappa shape index (κ2) is 7.46. The second-order valence-corrected chi connectivity index (χ2v) is 6.28. The molecule has 1 aromatic carbocycles. The van der Waals surface area contributed by atoms with Gasteiger partial charge in [0.1, 0.15) is 6.10 Å². The monoisotopic (exact) mass is 329 g/mol. The number of nitrogens with zero attached hydrogens (tertiary/aromatic N) is 3. The van der Waals surface area contributed by atoms with Gasteiger partial charge in [0.05, 0.1) is 6.54 Å². The molecule has 0 radical (unpaired) electrons. The lowest BCUT2D eigenvalue weighted by Gasteiger charge is -2.32. The van der Waals surface area contributed by atoms with Gasteiger partial charge in [0.15, 0.2) is 0 Å². The van der Waals surface area contributed by atoms with E-state index in [1.54, 1.807) is 30.2 Å². The lowest BCUT2D eigenvalue weighted by Crippen LogP contribution is -2.44. The summed E-state index contributed by atoms with van der Waals surface area (Å²) in [7, 11) is 0. The number of benzene rings is 1. The molecule has 2 heterocycles. The zero-order valence-corrected chi connectivity index (χ0v) is 13.8. The molecule has 1 atom stereocenters. The van der Waals surface area contributed by atoms with E-state index in [9.17, 15) is 4.79 Å². The van der Waals surface area contributed by atoms with Crippen LogP contribution in [0.4, 0.5) is 0 Å². The van der Waals surface area contributed by atoms with Gasteiger partial charge in [-0.3, -0.25) is 4.79 Å². The Hall–Kier alpha value is -2.08. The van der Waals surface area contributed by atoms with Gasteiger partial charge in [-0.1, -0.05) is 6.07 Å². The standard InChI is InChI=1S/C17H19N3O2S/c1-23-15-7-2-5-13(11-15)16(21)20-10-3-6-14(12-20)22-17-18-8-4-9-19-17/h2,4-5,7-9,11,14H,3,6,10,12H2,1H3. The average molecular weight is 329 g/mol. The Bertz CT molecular complexity index is 666. The van der Waals surface area contributed by atoms with Gasteiger partial charge >= 0.3 is 6.01 Å². The molecule has 2 aromatic rings. The Morgan fingerprint density at radius 1 is 1.30 bits per heavy atom. The van der Waals surface area contributed by atoms with Crippen LogP contribution in [0.2, 0.25) is 0 Å². The number of carbonyl (C=O) groups excluding carboxylic acids is 1. The molecule has 120 valence electrons. The van der Waals surface area contributed by atoms with Crippen molar-refractivity contribution < 1.29 is 9.53 Å². The first-order chi connectivity index (χ1) is 11.3. The SMILES string of the molecule is CSc1cccc(C(=O)N2CCCC(Oc3ncccn3)C2)c1. The van der Waals surface area contributed by atoms with E-state index in [0.29, 0.717) is 12.6 Å². The number of thioether (sulfide) groups is 1. The minimum absolute atomic E-state index is 0.0566. The molecule has 6 heteroatoms. The Morgan fingerprint density at radius 2 is 2.13 bits per heavy atom. The summed E-state index contributed by atoms with van der Waals surface area (Å²) in [4.78, 5) is 23.8. The van der Waals surface area contributed by atoms with Crippen molar-refractivity contribution in [3.05, 3.63) is 48.3 Å². The van der Waals surface area contributed by atoms with Crippen molar-refractivity contribution in [1.29, 1.82) is 0 Å². The van der Waals surface area contributed by atoms with Crippen molar-refractivity contribution in [1.82, 2.24) is 14.9 Å². The third-order valence-corrected chi connectivity index (χ3v) is 4.52. The average Bonchev–Trinajstić information content (AvgIpc) is 2.62. The molecule has 1 aliphatic heterocycles. The van der Waals surface area contributed by atoms with Crippen LogP contribution in [0.3, 0.4) is 0 Å². The van der Waals surface area contributed by atoms with Crippen LogP contribution in [0.5, 0.6) is 6.01 Å². The highest BCUT2D eigenvalue weighted by atomic mass is 32.2. The van der Waals surface area contributed by atoms with E-state index in [0.717, 1.165) is 29.8 Å². The van der Waals surface area contributed by atoms with E-state index in [1.165, 1.54) is 0 Å². The molecule has 0 spiro atoms. The number of hydrogen-bond acceptors (Lipinski definition) is 5. The molecule has 1 unspecified atom stereocenters. The van der Waals surface area contributed by atoms with Crippen molar-refractivity contribution >= 4 is 17.7 Å². The van der Waals surface area contributed by atoms with Crippen molar-refractivity contribution in [3.8, 4) is 6.01 Å². The van der Waals surface area contributed by atoms with E-state index in [-0.39, 0.29) is 12.0 Å². The van der Waals surface area contributed by atoms with E-state index in [2.05, 4.69) is 9.97 Å². The summed E-state index contributed by atoms with van der Waals surface area (Å²) in [6.45, 7) is 1.33. The molecule has 1 aliphatic rings. The number of likely N-dealkylation sites (tertiary alicyclic amines) is 1. The molecule has 5 nitrogen and oxygen atoms in total. The topological polar surface area (TPSA) is 55.3 Å². The fourth-order valence-electron chi connectivity index (χ4n) is 2.65. The van der Waals surface area contributed by atoms with Crippen LogP contribution in [-0.2, 0) is 0 Å². The van der Waals surface area contributed by atoms with Crippen molar-refractivity contribution in [3.63, 3.8) is 0 Å². The smallest absolute Gasteiger partial charge is 0.316 e. The first-order valence-electron chi connectivity index (χ1n) is 7.63. The summed E-state index contributed by atoms with van der Waals surface area (Å²) < 4.78 is 5.80. The van der Waals surface area contributed by atoms with Gasteiger partial charge in [-0.25, -0.2) is 9.97 Å². The molecule has 0 aliphatic carbocycles. The van der Waals surface area contributed by atoms with Crippen molar-refractivity contribution in [2.45, 2.75) is 23.8 Å². The maximum Gasteiger partial charge on any atom is 0.316 e. The first kappa shape index (κ1) is 15.8. The van der Waals surface area contributed by atoms with E-state index < -0.39 is 0 Å². The number of hydrogen-bond donors (Lipinski definition) is 0. The fourth-order valence-corrected chi connectivity index (χ4v) is 3.11. The maximum absolute atomic E-state index is 12.7. The predicted molar refractivity (Wildman–Crippen MR) is 89.8 cm³/mol. The molecule has 0 saturated carbocycles. The van der Waals surface area contributed by atoms with Gasteiger partial charge in [0, 0.05) is 29.4 Å². The molecule has 1 amide bonds. The Balaban J connectivity index is 1.66. The zero-order chi connectivity index (χ0) is 16.1. The fraction of sp³-hybridized carbons (Fsp3) is 0.353. The molecule has 1 fully saturated rings. The van der Waals surface area contributed by atoms with Crippen LogP contribution in [0.15, 0.2) is 47.6 Å². The van der Waals surface area contributed by atoms with E-state index >= 15 is 0 Å². The predicted octanol–water partition coefficient (Wildman–Crippen LogP) is 2.88. The third kappa shape index (κ3) is 4.01. The minimum atomic E-state index is -0.0566. The number of aromatic nitrogens is 2. The summed E-state index contributed by atoms with van der Waals surface area (Å²) in [5.74, 6) is 0.0585. The van der Waals surface area contributed by atoms with Crippen LogP contribution in [0, 0.1) is 0 Å². The van der Waals surface area contributed by atoms with Crippen LogP contribution < -0.4 is 4.74 Å². The van der Waals surface area contributed by atoms with E-state index in [1.807, 2.05) is 35.4 Å². The zero-order valence-electron chi connectivity index (χ0n) is 13.0. The molecular weight excluding hydrogens is 310 g/mol. The summed E-state index contributed by atoms with van der Waals surface area (Å²) in [6.07, 6.45) is 7.09. The van der Waals surface area contributed by atoms with Crippen molar-refractivity contribution in [2.75, 3.05) is 19.3 Å². The molecule has 3 rings (SSSR count). The van der Waals surface area contributed by atoms with Crippen LogP contribution in [-0.4, -0.2) is 46.2 Å². The van der Waals surface area contributed by atoms with Gasteiger partial charge in [-0.05, 0) is 43.4 Å². The summed E-state index contributed by atoms with van der Waals surface area (Å²) in [5.41, 5.74) is 0.730. The normalized spacial score (nSPS) is 17.8. The van der Waals surface area contributed by atoms with E-state index in [4.69, 9.17) is 4.74 Å². The lowest BCUT2D eigenvalue weighted by atomic mass is 10.1. The number of rotatable bonds is 4. The Labute approximate surface area is 140 Å². The minimum Gasteiger partial charge on any atom is -0.458 e. The number of carbonyl (C=O) groups is 1. The third-order valence-electron chi connectivity index (χ3n) is 3.80. The van der Waals surface area contributed by atoms with Crippen LogP contribution in [0.1, 0.15) is 23.2 Å². The van der Waals surface area contributed by atoms with Crippen molar-refractivity contribution in [2.24, 2.45) is 0 Å². The van der Waals surface area contributed by atoms with Crippen LogP contribution in [0.25, 0.3) is 0 Å². The highest BCUT2D eigenvalue weighted by Gasteiger charge is 2.26. The quantitative estimate of drug-likeness (QED) is 0.807. The molecule has 1 aromatic heterocycles. The molecule has 1 saturated heterocycles. The van der Waals surface area contributed by atoms with Gasteiger partial charge in [-0.2, -0.15) is 0 Å². The molecule has 23 heavy (non-hydrogen) atoms. The highest BCUT2D eigenvalue weighted by Crippen LogP contribution is 2.20. The molecular formula is C17H19N3O2S. The Morgan fingerprint density at radius 3 is 2.91 bits per heavy atom. The number of ether oxygens (including phenoxy) is 1. The Kier molecular flexibility index (Phi) is 5.12.